The molecular formula is C14H20N4O2. The molecule has 1 aliphatic rings. The van der Waals surface area contributed by atoms with Crippen LogP contribution in [0.4, 0.5) is 5.69 Å². The van der Waals surface area contributed by atoms with Gasteiger partial charge in [0.05, 0.1) is 13.1 Å². The van der Waals surface area contributed by atoms with E-state index in [0.29, 0.717) is 13.1 Å². The summed E-state index contributed by atoms with van der Waals surface area (Å²) >= 11 is 0. The lowest BCUT2D eigenvalue weighted by atomic mass is 10.2. The quantitative estimate of drug-likeness (QED) is 0.717. The van der Waals surface area contributed by atoms with Gasteiger partial charge in [-0.2, -0.15) is 0 Å². The highest BCUT2D eigenvalue weighted by Gasteiger charge is 2.17. The Morgan fingerprint density at radius 3 is 2.80 bits per heavy atom. The lowest BCUT2D eigenvalue weighted by Gasteiger charge is -2.17. The summed E-state index contributed by atoms with van der Waals surface area (Å²) in [6.45, 7) is 2.42. The lowest BCUT2D eigenvalue weighted by molar-refractivity contribution is -0.122. The smallest absolute Gasteiger partial charge is 0.238 e. The molecule has 0 atom stereocenters. The molecule has 0 saturated carbocycles. The highest BCUT2D eigenvalue weighted by molar-refractivity contribution is 5.92. The van der Waals surface area contributed by atoms with Crippen LogP contribution in [0.5, 0.6) is 0 Å². The molecule has 1 aliphatic heterocycles. The van der Waals surface area contributed by atoms with Gasteiger partial charge in [-0.1, -0.05) is 12.1 Å². The molecule has 0 spiro atoms. The maximum Gasteiger partial charge on any atom is 0.238 e. The number of carbonyl (C=O) groups excluding carboxylic acids is 2. The van der Waals surface area contributed by atoms with Crippen LogP contribution in [0.3, 0.4) is 0 Å². The normalized spacial score (nSPS) is 16.4. The number of nitrogens with two attached hydrogens (primary N) is 1. The molecule has 6 nitrogen and oxygen atoms in total. The van der Waals surface area contributed by atoms with E-state index in [1.807, 2.05) is 29.2 Å². The largest absolute Gasteiger partial charge is 0.355 e. The summed E-state index contributed by atoms with van der Waals surface area (Å²) in [5, 5.41) is 5.61. The number of anilines is 1. The molecule has 2 amide bonds. The SMILES string of the molecule is NCc1ccc(NC(=O)CN2CCCNC(=O)C2)cc1. The number of carbonyl (C=O) groups is 2. The summed E-state index contributed by atoms with van der Waals surface area (Å²) in [5.41, 5.74) is 7.28. The third kappa shape index (κ3) is 4.32. The first-order valence-electron chi connectivity index (χ1n) is 6.75. The number of nitrogens with one attached hydrogen (secondary N) is 2. The highest BCUT2D eigenvalue weighted by atomic mass is 16.2. The van der Waals surface area contributed by atoms with Crippen molar-refractivity contribution in [3.05, 3.63) is 29.8 Å². The first-order valence-corrected chi connectivity index (χ1v) is 6.75. The molecule has 1 fully saturated rings. The Kier molecular flexibility index (Phi) is 5.09. The maximum atomic E-state index is 11.9. The Morgan fingerprint density at radius 2 is 2.10 bits per heavy atom. The Bertz CT molecular complexity index is 473. The fourth-order valence-corrected chi connectivity index (χ4v) is 2.13. The molecule has 1 heterocycles. The highest BCUT2D eigenvalue weighted by Crippen LogP contribution is 2.09. The first-order chi connectivity index (χ1) is 9.67. The van der Waals surface area contributed by atoms with Crippen molar-refractivity contribution in [3.8, 4) is 0 Å². The number of nitrogens with zero attached hydrogens (tertiary/aromatic N) is 1. The Labute approximate surface area is 118 Å². The molecule has 1 saturated heterocycles. The molecule has 0 aromatic heterocycles. The zero-order valence-electron chi connectivity index (χ0n) is 11.4. The van der Waals surface area contributed by atoms with E-state index in [2.05, 4.69) is 10.6 Å². The summed E-state index contributed by atoms with van der Waals surface area (Å²) in [5.74, 6) is -0.136. The average Bonchev–Trinajstić information content (AvgIpc) is 2.63. The summed E-state index contributed by atoms with van der Waals surface area (Å²) in [6.07, 6.45) is 0.865. The molecule has 1 aromatic carbocycles. The molecule has 0 bridgehead atoms. The van der Waals surface area contributed by atoms with Crippen molar-refractivity contribution in [1.82, 2.24) is 10.2 Å². The molecule has 0 aliphatic carbocycles. The third-order valence-corrected chi connectivity index (χ3v) is 3.18. The molecule has 20 heavy (non-hydrogen) atoms. The molecule has 6 heteroatoms. The molecule has 2 rings (SSSR count). The van der Waals surface area contributed by atoms with Crippen molar-refractivity contribution in [2.45, 2.75) is 13.0 Å². The monoisotopic (exact) mass is 276 g/mol. The van der Waals surface area contributed by atoms with Crippen molar-refractivity contribution < 1.29 is 9.59 Å². The van der Waals surface area contributed by atoms with Gasteiger partial charge >= 0.3 is 0 Å². The summed E-state index contributed by atoms with van der Waals surface area (Å²) < 4.78 is 0. The molecule has 1 aromatic rings. The zero-order valence-corrected chi connectivity index (χ0v) is 11.4. The van der Waals surface area contributed by atoms with Gasteiger partial charge in [-0.25, -0.2) is 0 Å². The first kappa shape index (κ1) is 14.5. The molecule has 0 unspecified atom stereocenters. The van der Waals surface area contributed by atoms with E-state index in [9.17, 15) is 9.59 Å². The van der Waals surface area contributed by atoms with Gasteiger partial charge in [0, 0.05) is 25.3 Å². The van der Waals surface area contributed by atoms with Crippen LogP contribution in [0.15, 0.2) is 24.3 Å². The number of hydrogen-bond donors (Lipinski definition) is 3. The van der Waals surface area contributed by atoms with Gasteiger partial charge in [0.25, 0.3) is 0 Å². The minimum Gasteiger partial charge on any atom is -0.355 e. The van der Waals surface area contributed by atoms with Crippen LogP contribution in [0, 0.1) is 0 Å². The number of hydrogen-bond acceptors (Lipinski definition) is 4. The second-order valence-electron chi connectivity index (χ2n) is 4.86. The summed E-state index contributed by atoms with van der Waals surface area (Å²) in [4.78, 5) is 25.2. The van der Waals surface area contributed by atoms with Crippen LogP contribution in [0.25, 0.3) is 0 Å². The van der Waals surface area contributed by atoms with Crippen LogP contribution in [0.1, 0.15) is 12.0 Å². The van der Waals surface area contributed by atoms with E-state index in [4.69, 9.17) is 5.73 Å². The minimum absolute atomic E-state index is 0.0254. The summed E-state index contributed by atoms with van der Waals surface area (Å²) in [6, 6.07) is 7.43. The predicted octanol–water partition coefficient (Wildman–Crippen LogP) is -0.0943. The fourth-order valence-electron chi connectivity index (χ4n) is 2.13. The van der Waals surface area contributed by atoms with Crippen LogP contribution >= 0.6 is 0 Å². The minimum atomic E-state index is -0.111. The molecule has 0 radical (unpaired) electrons. The molecule has 108 valence electrons. The van der Waals surface area contributed by atoms with E-state index in [1.54, 1.807) is 0 Å². The topological polar surface area (TPSA) is 87.5 Å². The van der Waals surface area contributed by atoms with Crippen molar-refractivity contribution in [2.24, 2.45) is 5.73 Å². The van der Waals surface area contributed by atoms with E-state index in [-0.39, 0.29) is 24.9 Å². The van der Waals surface area contributed by atoms with Crippen molar-refractivity contribution >= 4 is 17.5 Å². The zero-order chi connectivity index (χ0) is 14.4. The van der Waals surface area contributed by atoms with Gasteiger partial charge in [0.1, 0.15) is 0 Å². The predicted molar refractivity (Wildman–Crippen MR) is 77.0 cm³/mol. The lowest BCUT2D eigenvalue weighted by Crippen LogP contribution is -2.38. The number of amides is 2. The molecular weight excluding hydrogens is 256 g/mol. The Hall–Kier alpha value is -1.92. The van der Waals surface area contributed by atoms with Gasteiger partial charge in [-0.15, -0.1) is 0 Å². The van der Waals surface area contributed by atoms with E-state index in [1.165, 1.54) is 0 Å². The third-order valence-electron chi connectivity index (χ3n) is 3.18. The number of benzene rings is 1. The van der Waals surface area contributed by atoms with E-state index >= 15 is 0 Å². The van der Waals surface area contributed by atoms with Gasteiger partial charge < -0.3 is 16.4 Å². The second-order valence-corrected chi connectivity index (χ2v) is 4.86. The fraction of sp³-hybridized carbons (Fsp3) is 0.429. The Morgan fingerprint density at radius 1 is 1.35 bits per heavy atom. The van der Waals surface area contributed by atoms with E-state index < -0.39 is 0 Å². The second kappa shape index (κ2) is 7.02. The van der Waals surface area contributed by atoms with Crippen LogP contribution in [-0.2, 0) is 16.1 Å². The number of rotatable bonds is 4. The van der Waals surface area contributed by atoms with Gasteiger partial charge in [-0.3, -0.25) is 14.5 Å². The maximum absolute atomic E-state index is 11.9. The van der Waals surface area contributed by atoms with E-state index in [0.717, 1.165) is 24.2 Å². The van der Waals surface area contributed by atoms with Crippen molar-refractivity contribution in [1.29, 1.82) is 0 Å². The average molecular weight is 276 g/mol. The van der Waals surface area contributed by atoms with Crippen LogP contribution in [0.2, 0.25) is 0 Å². The standard InChI is InChI=1S/C14H20N4O2/c15-8-11-2-4-12(5-3-11)17-14(20)10-18-7-1-6-16-13(19)9-18/h2-5H,1,6-10,15H2,(H,16,19)(H,17,20). The van der Waals surface area contributed by atoms with Gasteiger partial charge in [0.15, 0.2) is 0 Å². The van der Waals surface area contributed by atoms with Crippen molar-refractivity contribution in [3.63, 3.8) is 0 Å². The van der Waals surface area contributed by atoms with Crippen molar-refractivity contribution in [2.75, 3.05) is 31.5 Å². The van der Waals surface area contributed by atoms with Crippen LogP contribution in [-0.4, -0.2) is 42.9 Å². The molecule has 4 N–H and O–H groups in total. The van der Waals surface area contributed by atoms with Gasteiger partial charge in [-0.05, 0) is 24.1 Å². The van der Waals surface area contributed by atoms with Gasteiger partial charge in [0.2, 0.25) is 11.8 Å². The summed E-state index contributed by atoms with van der Waals surface area (Å²) in [7, 11) is 0. The Balaban J connectivity index is 1.86. The van der Waals surface area contributed by atoms with Crippen LogP contribution < -0.4 is 16.4 Å².